The Morgan fingerprint density at radius 3 is 2.35 bits per heavy atom. The number of carbonyl (C=O) groups excluding carboxylic acids is 1. The molecule has 0 bridgehead atoms. The van der Waals surface area contributed by atoms with E-state index in [2.05, 4.69) is 10.1 Å². The number of benzene rings is 1. The summed E-state index contributed by atoms with van der Waals surface area (Å²) in [7, 11) is 0. The number of nitrogens with one attached hydrogen (secondary N) is 1. The molecule has 0 radical (unpaired) electrons. The molecular weight excluding hydrogens is 313 g/mol. The normalized spacial score (nSPS) is 23.7. The van der Waals surface area contributed by atoms with Gasteiger partial charge in [-0.1, -0.05) is 12.1 Å². The smallest absolute Gasteiger partial charge is 0.445 e. The summed E-state index contributed by atoms with van der Waals surface area (Å²) >= 11 is 0. The van der Waals surface area contributed by atoms with Crippen molar-refractivity contribution in [2.45, 2.75) is 13.0 Å². The van der Waals surface area contributed by atoms with E-state index in [4.69, 9.17) is 4.74 Å². The number of carbonyl (C=O) groups is 1. The van der Waals surface area contributed by atoms with Crippen LogP contribution in [0.2, 0.25) is 0 Å². The second-order valence-corrected chi connectivity index (χ2v) is 5.83. The predicted molar refractivity (Wildman–Crippen MR) is 74.7 cm³/mol. The van der Waals surface area contributed by atoms with Crippen LogP contribution in [-0.4, -0.2) is 43.5 Å². The van der Waals surface area contributed by atoms with E-state index in [1.807, 2.05) is 0 Å². The lowest BCUT2D eigenvalue weighted by atomic mass is 10.0. The van der Waals surface area contributed by atoms with Crippen molar-refractivity contribution in [1.82, 2.24) is 10.2 Å². The summed E-state index contributed by atoms with van der Waals surface area (Å²) in [6.45, 7) is 3.25. The molecule has 1 N–H and O–H groups in total. The maximum Gasteiger partial charge on any atom is 0.573 e. The number of halogens is 3. The first kappa shape index (κ1) is 15.9. The molecule has 2 fully saturated rings. The van der Waals surface area contributed by atoms with Crippen LogP contribution < -0.4 is 10.1 Å². The fraction of sp³-hybridized carbons (Fsp3) is 0.533. The molecule has 0 spiro atoms. The van der Waals surface area contributed by atoms with Gasteiger partial charge < -0.3 is 19.7 Å². The average molecular weight is 330 g/mol. The molecule has 2 aliphatic rings. The number of nitrogens with zero attached hydrogens (tertiary/aromatic N) is 1. The number of ether oxygens (including phenoxy) is 2. The van der Waals surface area contributed by atoms with Gasteiger partial charge >= 0.3 is 12.5 Å². The monoisotopic (exact) mass is 330 g/mol. The largest absolute Gasteiger partial charge is 0.573 e. The van der Waals surface area contributed by atoms with E-state index in [-0.39, 0.29) is 18.4 Å². The van der Waals surface area contributed by atoms with E-state index in [0.29, 0.717) is 30.5 Å². The van der Waals surface area contributed by atoms with Crippen molar-refractivity contribution in [1.29, 1.82) is 0 Å². The molecule has 1 aromatic carbocycles. The summed E-state index contributed by atoms with van der Waals surface area (Å²) < 4.78 is 45.2. The van der Waals surface area contributed by atoms with E-state index in [0.717, 1.165) is 13.1 Å². The van der Waals surface area contributed by atoms with Crippen LogP contribution in [0, 0.1) is 11.8 Å². The predicted octanol–water partition coefficient (Wildman–Crippen LogP) is 2.37. The molecule has 2 atom stereocenters. The van der Waals surface area contributed by atoms with Crippen molar-refractivity contribution < 1.29 is 27.4 Å². The molecule has 2 saturated heterocycles. The summed E-state index contributed by atoms with van der Waals surface area (Å²) in [6, 6.07) is 5.28. The molecule has 2 unspecified atom stereocenters. The van der Waals surface area contributed by atoms with Gasteiger partial charge in [-0.2, -0.15) is 0 Å². The van der Waals surface area contributed by atoms with Crippen LogP contribution in [0.3, 0.4) is 0 Å². The number of hydrogen-bond acceptors (Lipinski definition) is 4. The van der Waals surface area contributed by atoms with Crippen LogP contribution in [0.4, 0.5) is 18.0 Å². The van der Waals surface area contributed by atoms with Crippen LogP contribution >= 0.6 is 0 Å². The Bertz CT molecular complexity index is 550. The number of alkyl halides is 3. The molecule has 3 rings (SSSR count). The van der Waals surface area contributed by atoms with E-state index >= 15 is 0 Å². The maximum atomic E-state index is 12.1. The van der Waals surface area contributed by atoms with E-state index in [9.17, 15) is 18.0 Å². The lowest BCUT2D eigenvalue weighted by molar-refractivity contribution is -0.274. The Labute approximate surface area is 131 Å². The minimum absolute atomic E-state index is 0.0230. The van der Waals surface area contributed by atoms with Gasteiger partial charge in [-0.15, -0.1) is 13.2 Å². The van der Waals surface area contributed by atoms with Crippen LogP contribution in [0.5, 0.6) is 5.75 Å². The molecule has 1 amide bonds. The van der Waals surface area contributed by atoms with Gasteiger partial charge in [0.15, 0.2) is 0 Å². The zero-order valence-corrected chi connectivity index (χ0v) is 12.3. The van der Waals surface area contributed by atoms with Gasteiger partial charge in [0.05, 0.1) is 0 Å². The highest BCUT2D eigenvalue weighted by Crippen LogP contribution is 2.27. The van der Waals surface area contributed by atoms with Gasteiger partial charge in [0, 0.05) is 26.2 Å². The van der Waals surface area contributed by atoms with Gasteiger partial charge in [-0.25, -0.2) is 4.79 Å². The molecular formula is C15H17F3N2O3. The fourth-order valence-corrected chi connectivity index (χ4v) is 3.03. The molecule has 1 aromatic rings. The molecule has 0 aliphatic carbocycles. The summed E-state index contributed by atoms with van der Waals surface area (Å²) in [5.41, 5.74) is 0.605. The van der Waals surface area contributed by atoms with Crippen molar-refractivity contribution in [3.63, 3.8) is 0 Å². The van der Waals surface area contributed by atoms with Crippen LogP contribution in [-0.2, 0) is 11.3 Å². The molecule has 2 heterocycles. The summed E-state index contributed by atoms with van der Waals surface area (Å²) in [6.07, 6.45) is -5.09. The van der Waals surface area contributed by atoms with Gasteiger partial charge in [0.2, 0.25) is 0 Å². The molecule has 0 aromatic heterocycles. The third-order valence-electron chi connectivity index (χ3n) is 4.17. The van der Waals surface area contributed by atoms with Crippen molar-refractivity contribution in [3.05, 3.63) is 29.8 Å². The Hall–Kier alpha value is -1.96. The lowest BCUT2D eigenvalue weighted by Gasteiger charge is -2.17. The molecule has 8 heteroatoms. The SMILES string of the molecule is O=C(OCc1ccc(OC(F)(F)F)cc1)N1CC2CNCC2C1. The van der Waals surface area contributed by atoms with Crippen LogP contribution in [0.1, 0.15) is 5.56 Å². The van der Waals surface area contributed by atoms with E-state index < -0.39 is 6.36 Å². The number of hydrogen-bond donors (Lipinski definition) is 1. The lowest BCUT2D eigenvalue weighted by Crippen LogP contribution is -2.32. The first-order chi connectivity index (χ1) is 10.9. The van der Waals surface area contributed by atoms with Gasteiger partial charge in [-0.05, 0) is 29.5 Å². The standard InChI is InChI=1S/C15H17F3N2O3/c16-15(17,18)23-13-3-1-10(2-4-13)9-22-14(21)20-7-11-5-19-6-12(11)8-20/h1-4,11-12,19H,5-9H2. The zero-order valence-electron chi connectivity index (χ0n) is 12.3. The highest BCUT2D eigenvalue weighted by atomic mass is 19.4. The first-order valence-corrected chi connectivity index (χ1v) is 7.38. The minimum atomic E-state index is -4.71. The Kier molecular flexibility index (Phi) is 4.34. The first-order valence-electron chi connectivity index (χ1n) is 7.38. The Morgan fingerprint density at radius 2 is 1.78 bits per heavy atom. The van der Waals surface area contributed by atoms with Crippen molar-refractivity contribution in [3.8, 4) is 5.75 Å². The van der Waals surface area contributed by atoms with Crippen LogP contribution in [0.15, 0.2) is 24.3 Å². The molecule has 126 valence electrons. The molecule has 2 aliphatic heterocycles. The van der Waals surface area contributed by atoms with E-state index in [1.54, 1.807) is 4.90 Å². The number of likely N-dealkylation sites (tertiary alicyclic amines) is 1. The Balaban J connectivity index is 1.47. The molecule has 23 heavy (non-hydrogen) atoms. The maximum absolute atomic E-state index is 12.1. The van der Waals surface area contributed by atoms with Gasteiger partial charge in [0.1, 0.15) is 12.4 Å². The van der Waals surface area contributed by atoms with Crippen molar-refractivity contribution in [2.24, 2.45) is 11.8 Å². The quantitative estimate of drug-likeness (QED) is 0.924. The third kappa shape index (κ3) is 4.07. The summed E-state index contributed by atoms with van der Waals surface area (Å²) in [5.74, 6) is 0.676. The second-order valence-electron chi connectivity index (χ2n) is 5.83. The Morgan fingerprint density at radius 1 is 1.17 bits per heavy atom. The minimum Gasteiger partial charge on any atom is -0.445 e. The van der Waals surface area contributed by atoms with Gasteiger partial charge in [0.25, 0.3) is 0 Å². The van der Waals surface area contributed by atoms with Crippen LogP contribution in [0.25, 0.3) is 0 Å². The number of rotatable bonds is 3. The fourth-order valence-electron chi connectivity index (χ4n) is 3.03. The summed E-state index contributed by atoms with van der Waals surface area (Å²) in [4.78, 5) is 13.7. The highest BCUT2D eigenvalue weighted by molar-refractivity contribution is 5.68. The summed E-state index contributed by atoms with van der Waals surface area (Å²) in [5, 5.41) is 3.29. The topological polar surface area (TPSA) is 50.8 Å². The number of fused-ring (bicyclic) bond motifs is 1. The van der Waals surface area contributed by atoms with Crippen molar-refractivity contribution in [2.75, 3.05) is 26.2 Å². The number of amides is 1. The zero-order chi connectivity index (χ0) is 16.4. The average Bonchev–Trinajstić information content (AvgIpc) is 3.05. The second kappa shape index (κ2) is 6.27. The third-order valence-corrected chi connectivity index (χ3v) is 4.17. The highest BCUT2D eigenvalue weighted by Gasteiger charge is 2.38. The van der Waals surface area contributed by atoms with Crippen molar-refractivity contribution >= 4 is 6.09 Å². The van der Waals surface area contributed by atoms with Gasteiger partial charge in [-0.3, -0.25) is 0 Å². The molecule has 0 saturated carbocycles. The molecule has 5 nitrogen and oxygen atoms in total. The van der Waals surface area contributed by atoms with E-state index in [1.165, 1.54) is 24.3 Å².